The van der Waals surface area contributed by atoms with Gasteiger partial charge in [0.05, 0.1) is 29.0 Å². The average molecular weight is 372 g/mol. The van der Waals surface area contributed by atoms with E-state index < -0.39 is 22.7 Å². The van der Waals surface area contributed by atoms with E-state index in [1.807, 2.05) is 12.2 Å². The molecule has 9 heteroatoms. The average Bonchev–Trinajstić information content (AvgIpc) is 3.31. The molecule has 0 spiro atoms. The molecule has 4 unspecified atom stereocenters. The first-order valence-electron chi connectivity index (χ1n) is 8.60. The zero-order valence-electron chi connectivity index (χ0n) is 14.1. The Morgan fingerprint density at radius 1 is 1.11 bits per heavy atom. The number of nitro benzene ring substituents is 1. The molecular weight excluding hydrogens is 356 g/mol. The highest BCUT2D eigenvalue weighted by atomic mass is 16.6. The third-order valence-corrected chi connectivity index (χ3v) is 5.04. The van der Waals surface area contributed by atoms with Crippen LogP contribution in [0.2, 0.25) is 0 Å². The fourth-order valence-corrected chi connectivity index (χ4v) is 3.79. The van der Waals surface area contributed by atoms with Crippen molar-refractivity contribution in [1.29, 1.82) is 0 Å². The van der Waals surface area contributed by atoms with Gasteiger partial charge >= 0.3 is 5.97 Å². The number of carbonyl (C=O) groups is 3. The highest BCUT2D eigenvalue weighted by molar-refractivity contribution is 6.06. The summed E-state index contributed by atoms with van der Waals surface area (Å²) in [6.45, 7) is 0.152. The van der Waals surface area contributed by atoms with Gasteiger partial charge in [0, 0.05) is 25.1 Å². The van der Waals surface area contributed by atoms with E-state index in [2.05, 4.69) is 0 Å². The monoisotopic (exact) mass is 372 g/mol. The Kier molecular flexibility index (Phi) is 4.23. The standard InChI is InChI=1S/C18H16N2O7/c21-14(26-11-5-3-10(4-6-11)20(24)25)2-1-9-19-17(22)15-12-7-8-13(27-12)16(15)18(19)23/h3-8,12-13,15-16H,1-2,9H2. The molecule has 2 saturated heterocycles. The summed E-state index contributed by atoms with van der Waals surface area (Å²) in [6, 6.07) is 5.17. The number of nitrogens with zero attached hydrogens (tertiary/aromatic N) is 2. The number of nitro groups is 1. The van der Waals surface area contributed by atoms with E-state index in [0.29, 0.717) is 0 Å². The van der Waals surface area contributed by atoms with Crippen LogP contribution in [0.1, 0.15) is 12.8 Å². The van der Waals surface area contributed by atoms with Gasteiger partial charge in [0.2, 0.25) is 11.8 Å². The number of imide groups is 1. The van der Waals surface area contributed by atoms with E-state index in [9.17, 15) is 24.5 Å². The van der Waals surface area contributed by atoms with Gasteiger partial charge in [-0.1, -0.05) is 12.2 Å². The lowest BCUT2D eigenvalue weighted by molar-refractivity contribution is -0.384. The molecular formula is C18H16N2O7. The molecule has 4 rings (SSSR count). The van der Waals surface area contributed by atoms with E-state index in [4.69, 9.17) is 9.47 Å². The van der Waals surface area contributed by atoms with Gasteiger partial charge in [0.15, 0.2) is 0 Å². The molecule has 0 saturated carbocycles. The molecule has 1 aromatic rings. The number of carbonyl (C=O) groups excluding carboxylic acids is 3. The van der Waals surface area contributed by atoms with Crippen LogP contribution in [0.5, 0.6) is 5.75 Å². The van der Waals surface area contributed by atoms with E-state index in [0.717, 1.165) is 0 Å². The minimum absolute atomic E-state index is 0.0188. The van der Waals surface area contributed by atoms with Crippen molar-refractivity contribution in [2.75, 3.05) is 6.54 Å². The predicted octanol–water partition coefficient (Wildman–Crippen LogP) is 1.22. The summed E-state index contributed by atoms with van der Waals surface area (Å²) in [7, 11) is 0. The Labute approximate surface area is 153 Å². The molecule has 0 aliphatic carbocycles. The molecule has 0 aromatic heterocycles. The van der Waals surface area contributed by atoms with Gasteiger partial charge in [-0.2, -0.15) is 0 Å². The molecule has 0 N–H and O–H groups in total. The van der Waals surface area contributed by atoms with Gasteiger partial charge in [0.25, 0.3) is 5.69 Å². The van der Waals surface area contributed by atoms with Crippen molar-refractivity contribution in [2.24, 2.45) is 11.8 Å². The number of rotatable bonds is 6. The summed E-state index contributed by atoms with van der Waals surface area (Å²) in [5.74, 6) is -1.71. The van der Waals surface area contributed by atoms with Crippen LogP contribution in [0.4, 0.5) is 5.69 Å². The largest absolute Gasteiger partial charge is 0.427 e. The minimum Gasteiger partial charge on any atom is -0.427 e. The first-order valence-corrected chi connectivity index (χ1v) is 8.60. The third kappa shape index (κ3) is 2.99. The number of likely N-dealkylation sites (tertiary alicyclic amines) is 1. The Hall–Kier alpha value is -3.07. The number of benzene rings is 1. The number of fused-ring (bicyclic) bond motifs is 5. The van der Waals surface area contributed by atoms with Crippen molar-refractivity contribution in [3.63, 3.8) is 0 Å². The van der Waals surface area contributed by atoms with Gasteiger partial charge in [-0.25, -0.2) is 0 Å². The van der Waals surface area contributed by atoms with Gasteiger partial charge in [-0.15, -0.1) is 0 Å². The maximum absolute atomic E-state index is 12.5. The third-order valence-electron chi connectivity index (χ3n) is 5.04. The van der Waals surface area contributed by atoms with Crippen molar-refractivity contribution in [3.8, 4) is 5.75 Å². The molecule has 2 fully saturated rings. The summed E-state index contributed by atoms with van der Waals surface area (Å²) in [6.07, 6.45) is 3.30. The van der Waals surface area contributed by atoms with Gasteiger partial charge in [0.1, 0.15) is 5.75 Å². The first kappa shape index (κ1) is 17.3. The summed E-state index contributed by atoms with van der Waals surface area (Å²) >= 11 is 0. The topological polar surface area (TPSA) is 116 Å². The normalized spacial score (nSPS) is 27.9. The SMILES string of the molecule is O=C(CCCN1C(=O)C2C3C=CC(O3)C2C1=O)Oc1ccc([N+](=O)[O-])cc1. The Balaban J connectivity index is 1.27. The van der Waals surface area contributed by atoms with Gasteiger partial charge in [-0.05, 0) is 18.6 Å². The highest BCUT2D eigenvalue weighted by Crippen LogP contribution is 2.45. The van der Waals surface area contributed by atoms with Crippen molar-refractivity contribution < 1.29 is 28.8 Å². The summed E-state index contributed by atoms with van der Waals surface area (Å²) in [4.78, 5) is 48.1. The van der Waals surface area contributed by atoms with Crippen LogP contribution in [-0.4, -0.2) is 46.4 Å². The number of non-ortho nitro benzene ring substituents is 1. The zero-order valence-corrected chi connectivity index (χ0v) is 14.1. The fourth-order valence-electron chi connectivity index (χ4n) is 3.79. The van der Waals surface area contributed by atoms with Crippen LogP contribution < -0.4 is 4.74 Å². The van der Waals surface area contributed by atoms with Crippen LogP contribution in [-0.2, 0) is 19.1 Å². The molecule has 3 aliphatic heterocycles. The molecule has 27 heavy (non-hydrogen) atoms. The van der Waals surface area contributed by atoms with Crippen LogP contribution >= 0.6 is 0 Å². The molecule has 9 nitrogen and oxygen atoms in total. The van der Waals surface area contributed by atoms with Gasteiger partial charge in [-0.3, -0.25) is 29.4 Å². The van der Waals surface area contributed by atoms with E-state index in [1.165, 1.54) is 29.2 Å². The molecule has 3 heterocycles. The van der Waals surface area contributed by atoms with Gasteiger partial charge < -0.3 is 9.47 Å². The lowest BCUT2D eigenvalue weighted by atomic mass is 9.85. The highest BCUT2D eigenvalue weighted by Gasteiger charge is 2.60. The number of hydrogen-bond donors (Lipinski definition) is 0. The molecule has 2 bridgehead atoms. The Morgan fingerprint density at radius 3 is 2.26 bits per heavy atom. The smallest absolute Gasteiger partial charge is 0.311 e. The zero-order chi connectivity index (χ0) is 19.1. The Bertz CT molecular complexity index is 818. The van der Waals surface area contributed by atoms with Crippen molar-refractivity contribution >= 4 is 23.5 Å². The van der Waals surface area contributed by atoms with Crippen LogP contribution in [0.25, 0.3) is 0 Å². The van der Waals surface area contributed by atoms with Crippen LogP contribution in [0, 0.1) is 22.0 Å². The molecule has 140 valence electrons. The lowest BCUT2D eigenvalue weighted by Crippen LogP contribution is -2.35. The quantitative estimate of drug-likeness (QED) is 0.184. The molecule has 2 amide bonds. The van der Waals surface area contributed by atoms with E-state index in [-0.39, 0.29) is 54.8 Å². The molecule has 4 atom stereocenters. The second kappa shape index (κ2) is 6.58. The van der Waals surface area contributed by atoms with Crippen LogP contribution in [0.15, 0.2) is 36.4 Å². The molecule has 1 aromatic carbocycles. The van der Waals surface area contributed by atoms with Crippen molar-refractivity contribution in [2.45, 2.75) is 25.0 Å². The van der Waals surface area contributed by atoms with Crippen molar-refractivity contribution in [3.05, 3.63) is 46.5 Å². The summed E-state index contributed by atoms with van der Waals surface area (Å²) in [5, 5.41) is 10.6. The first-order chi connectivity index (χ1) is 13.0. The molecule has 0 radical (unpaired) electrons. The summed E-state index contributed by atoms with van der Waals surface area (Å²) < 4.78 is 10.7. The Morgan fingerprint density at radius 2 is 1.70 bits per heavy atom. The predicted molar refractivity (Wildman–Crippen MR) is 89.5 cm³/mol. The van der Waals surface area contributed by atoms with Crippen LogP contribution in [0.3, 0.4) is 0 Å². The maximum atomic E-state index is 12.5. The van der Waals surface area contributed by atoms with Crippen molar-refractivity contribution in [1.82, 2.24) is 4.90 Å². The lowest BCUT2D eigenvalue weighted by Gasteiger charge is -2.17. The van der Waals surface area contributed by atoms with E-state index in [1.54, 1.807) is 0 Å². The maximum Gasteiger partial charge on any atom is 0.311 e. The minimum atomic E-state index is -0.544. The summed E-state index contributed by atoms with van der Waals surface area (Å²) in [5.41, 5.74) is -0.0983. The number of amides is 2. The second-order valence-corrected chi connectivity index (χ2v) is 6.66. The second-order valence-electron chi connectivity index (χ2n) is 6.66. The number of esters is 1. The number of ether oxygens (including phenoxy) is 2. The fraction of sp³-hybridized carbons (Fsp3) is 0.389. The number of hydrogen-bond acceptors (Lipinski definition) is 7. The molecule has 3 aliphatic rings. The van der Waals surface area contributed by atoms with E-state index >= 15 is 0 Å².